The molecule has 0 N–H and O–H groups in total. The summed E-state index contributed by atoms with van der Waals surface area (Å²) in [4.78, 5) is 26.0. The van der Waals surface area contributed by atoms with Gasteiger partial charge in [-0.25, -0.2) is 0 Å². The number of rotatable bonds is 3. The highest BCUT2D eigenvalue weighted by Crippen LogP contribution is 2.33. The van der Waals surface area contributed by atoms with Gasteiger partial charge < -0.3 is 0 Å². The number of imide groups is 1. The van der Waals surface area contributed by atoms with Crippen LogP contribution in [-0.2, 0) is 11.3 Å². The molecule has 0 atom stereocenters. The molecule has 0 saturated carbocycles. The normalized spacial score (nSPS) is 17.0. The summed E-state index contributed by atoms with van der Waals surface area (Å²) < 4.78 is 0. The van der Waals surface area contributed by atoms with Gasteiger partial charge in [0.25, 0.3) is 11.1 Å². The SMILES string of the molecule is O=C1S/C(=C/c2ccsc2)C(=O)N1Cc1ccc(Cl)cc1. The summed E-state index contributed by atoms with van der Waals surface area (Å²) in [6, 6.07) is 9.04. The minimum Gasteiger partial charge on any atom is -0.268 e. The Hall–Kier alpha value is -1.56. The number of benzene rings is 1. The third-order valence-corrected chi connectivity index (χ3v) is 4.83. The van der Waals surface area contributed by atoms with Crippen molar-refractivity contribution >= 4 is 51.9 Å². The van der Waals surface area contributed by atoms with Crippen LogP contribution >= 0.6 is 34.7 Å². The molecular weight excluding hydrogens is 326 g/mol. The number of hydrogen-bond acceptors (Lipinski definition) is 4. The van der Waals surface area contributed by atoms with Crippen molar-refractivity contribution in [2.45, 2.75) is 6.54 Å². The average Bonchev–Trinajstić information content (AvgIpc) is 3.06. The van der Waals surface area contributed by atoms with E-state index in [0.29, 0.717) is 9.93 Å². The minimum absolute atomic E-state index is 0.239. The van der Waals surface area contributed by atoms with E-state index in [2.05, 4.69) is 0 Å². The average molecular weight is 336 g/mol. The molecule has 0 aliphatic carbocycles. The van der Waals surface area contributed by atoms with E-state index in [9.17, 15) is 9.59 Å². The van der Waals surface area contributed by atoms with Crippen LogP contribution in [0.15, 0.2) is 46.0 Å². The van der Waals surface area contributed by atoms with Crippen LogP contribution in [0.25, 0.3) is 6.08 Å². The molecule has 1 aliphatic rings. The van der Waals surface area contributed by atoms with E-state index in [0.717, 1.165) is 22.9 Å². The standard InChI is InChI=1S/C15H10ClNO2S2/c16-12-3-1-10(2-4-12)8-17-14(18)13(21-15(17)19)7-11-5-6-20-9-11/h1-7,9H,8H2/b13-7+. The van der Waals surface area contributed by atoms with Gasteiger partial charge >= 0.3 is 0 Å². The number of halogens is 1. The fourth-order valence-corrected chi connectivity index (χ4v) is 3.50. The van der Waals surface area contributed by atoms with E-state index < -0.39 is 0 Å². The summed E-state index contributed by atoms with van der Waals surface area (Å²) in [7, 11) is 0. The lowest BCUT2D eigenvalue weighted by Gasteiger charge is -2.12. The lowest BCUT2D eigenvalue weighted by atomic mass is 10.2. The molecule has 2 heterocycles. The molecule has 0 unspecified atom stereocenters. The summed E-state index contributed by atoms with van der Waals surface area (Å²) in [6.45, 7) is 0.267. The van der Waals surface area contributed by atoms with Gasteiger partial charge in [0.2, 0.25) is 0 Å². The number of thioether (sulfide) groups is 1. The fourth-order valence-electron chi connectivity index (χ4n) is 1.92. The first-order chi connectivity index (χ1) is 10.1. The van der Waals surface area contributed by atoms with Crippen LogP contribution in [0, 0.1) is 0 Å². The highest BCUT2D eigenvalue weighted by Gasteiger charge is 2.34. The molecule has 2 amide bonds. The maximum atomic E-state index is 12.3. The van der Waals surface area contributed by atoms with Gasteiger partial charge in [0, 0.05) is 5.02 Å². The molecule has 3 nitrogen and oxygen atoms in total. The molecule has 0 bridgehead atoms. The summed E-state index contributed by atoms with van der Waals surface area (Å²) in [5.41, 5.74) is 1.82. The number of carbonyl (C=O) groups excluding carboxylic acids is 2. The largest absolute Gasteiger partial charge is 0.293 e. The lowest BCUT2D eigenvalue weighted by molar-refractivity contribution is -0.123. The Balaban J connectivity index is 1.79. The van der Waals surface area contributed by atoms with Crippen LogP contribution in [0.3, 0.4) is 0 Å². The van der Waals surface area contributed by atoms with E-state index in [1.165, 1.54) is 4.90 Å². The maximum Gasteiger partial charge on any atom is 0.293 e. The van der Waals surface area contributed by atoms with E-state index >= 15 is 0 Å². The van der Waals surface area contributed by atoms with Crippen molar-refractivity contribution in [2.75, 3.05) is 0 Å². The van der Waals surface area contributed by atoms with Crippen LogP contribution in [0.1, 0.15) is 11.1 Å². The second-order valence-corrected chi connectivity index (χ2v) is 6.66. The zero-order chi connectivity index (χ0) is 14.8. The Morgan fingerprint density at radius 3 is 2.57 bits per heavy atom. The molecule has 0 radical (unpaired) electrons. The lowest BCUT2D eigenvalue weighted by Crippen LogP contribution is -2.27. The molecule has 6 heteroatoms. The number of thiophene rings is 1. The van der Waals surface area contributed by atoms with Crippen molar-refractivity contribution in [2.24, 2.45) is 0 Å². The van der Waals surface area contributed by atoms with Crippen molar-refractivity contribution in [3.63, 3.8) is 0 Å². The van der Waals surface area contributed by atoms with Gasteiger partial charge in [-0.15, -0.1) is 0 Å². The van der Waals surface area contributed by atoms with Gasteiger partial charge in [-0.2, -0.15) is 11.3 Å². The molecule has 1 saturated heterocycles. The van der Waals surface area contributed by atoms with Crippen LogP contribution in [0.4, 0.5) is 4.79 Å². The number of amides is 2. The van der Waals surface area contributed by atoms with Crippen LogP contribution in [0.5, 0.6) is 0 Å². The Labute approximate surface area is 135 Å². The molecule has 1 aromatic heterocycles. The molecule has 21 heavy (non-hydrogen) atoms. The van der Waals surface area contributed by atoms with Crippen molar-refractivity contribution < 1.29 is 9.59 Å². The Bertz CT molecular complexity index is 708. The van der Waals surface area contributed by atoms with Gasteiger partial charge in [-0.1, -0.05) is 23.7 Å². The topological polar surface area (TPSA) is 37.4 Å². The molecule has 1 aliphatic heterocycles. The smallest absolute Gasteiger partial charge is 0.268 e. The summed E-state index contributed by atoms with van der Waals surface area (Å²) in [5.74, 6) is -0.244. The molecule has 2 aromatic rings. The van der Waals surface area contributed by atoms with Crippen LogP contribution in [-0.4, -0.2) is 16.0 Å². The van der Waals surface area contributed by atoms with Gasteiger partial charge in [0.05, 0.1) is 11.4 Å². The molecular formula is C15H10ClNO2S2. The Morgan fingerprint density at radius 2 is 1.90 bits per heavy atom. The molecule has 106 valence electrons. The van der Waals surface area contributed by atoms with Crippen LogP contribution < -0.4 is 0 Å². The number of nitrogens with zero attached hydrogens (tertiary/aromatic N) is 1. The van der Waals surface area contributed by atoms with Gasteiger partial charge in [0.1, 0.15) is 0 Å². The van der Waals surface area contributed by atoms with Crippen molar-refractivity contribution in [3.8, 4) is 0 Å². The second-order valence-electron chi connectivity index (χ2n) is 4.45. The summed E-state index contributed by atoms with van der Waals surface area (Å²) in [6.07, 6.45) is 1.75. The highest BCUT2D eigenvalue weighted by molar-refractivity contribution is 8.18. The molecule has 1 aromatic carbocycles. The van der Waals surface area contributed by atoms with E-state index in [4.69, 9.17) is 11.6 Å². The van der Waals surface area contributed by atoms with Crippen molar-refractivity contribution in [1.82, 2.24) is 4.90 Å². The first kappa shape index (κ1) is 14.4. The minimum atomic E-state index is -0.244. The summed E-state index contributed by atoms with van der Waals surface area (Å²) >= 11 is 8.36. The maximum absolute atomic E-state index is 12.3. The zero-order valence-electron chi connectivity index (χ0n) is 10.8. The molecule has 3 rings (SSSR count). The van der Waals surface area contributed by atoms with Gasteiger partial charge in [0.15, 0.2) is 0 Å². The van der Waals surface area contributed by atoms with Gasteiger partial charge in [-0.3, -0.25) is 14.5 Å². The third kappa shape index (κ3) is 3.20. The van der Waals surface area contributed by atoms with E-state index in [-0.39, 0.29) is 17.7 Å². The highest BCUT2D eigenvalue weighted by atomic mass is 35.5. The van der Waals surface area contributed by atoms with Crippen molar-refractivity contribution in [3.05, 3.63) is 62.1 Å². The van der Waals surface area contributed by atoms with Crippen molar-refractivity contribution in [1.29, 1.82) is 0 Å². The monoisotopic (exact) mass is 335 g/mol. The van der Waals surface area contributed by atoms with E-state index in [1.54, 1.807) is 29.5 Å². The van der Waals surface area contributed by atoms with Crippen LogP contribution in [0.2, 0.25) is 5.02 Å². The van der Waals surface area contributed by atoms with E-state index in [1.807, 2.05) is 29.0 Å². The fraction of sp³-hybridized carbons (Fsp3) is 0.0667. The predicted octanol–water partition coefficient (Wildman–Crippen LogP) is 4.64. The van der Waals surface area contributed by atoms with Gasteiger partial charge in [-0.05, 0) is 57.9 Å². The number of hydrogen-bond donors (Lipinski definition) is 0. The molecule has 0 spiro atoms. The first-order valence-corrected chi connectivity index (χ1v) is 8.29. The Morgan fingerprint density at radius 1 is 1.14 bits per heavy atom. The molecule has 1 fully saturated rings. The predicted molar refractivity (Wildman–Crippen MR) is 87.3 cm³/mol. The summed E-state index contributed by atoms with van der Waals surface area (Å²) in [5, 5.41) is 4.26. The number of carbonyl (C=O) groups is 2. The Kier molecular flexibility index (Phi) is 4.14. The quantitative estimate of drug-likeness (QED) is 0.767. The zero-order valence-corrected chi connectivity index (χ0v) is 13.2. The second kappa shape index (κ2) is 6.05. The third-order valence-electron chi connectivity index (χ3n) is 2.97. The first-order valence-electron chi connectivity index (χ1n) is 6.15.